The summed E-state index contributed by atoms with van der Waals surface area (Å²) in [5.41, 5.74) is 0.423. The highest BCUT2D eigenvalue weighted by atomic mass is 32.2. The first kappa shape index (κ1) is 21.7. The molecule has 2 unspecified atom stereocenters. The predicted molar refractivity (Wildman–Crippen MR) is 106 cm³/mol. The zero-order valence-corrected chi connectivity index (χ0v) is 16.7. The van der Waals surface area contributed by atoms with Gasteiger partial charge in [-0.05, 0) is 25.3 Å². The number of amides is 1. The first-order valence-electron chi connectivity index (χ1n) is 8.26. The van der Waals surface area contributed by atoms with Crippen LogP contribution in [0.15, 0.2) is 24.3 Å². The van der Waals surface area contributed by atoms with Crippen LogP contribution in [0.3, 0.4) is 0 Å². The smallest absolute Gasteiger partial charge is 0.232 e. The molecule has 0 aliphatic carbocycles. The molecule has 140 valence electrons. The van der Waals surface area contributed by atoms with Crippen molar-refractivity contribution in [1.29, 1.82) is 0 Å². The summed E-state index contributed by atoms with van der Waals surface area (Å²) in [6.45, 7) is 5.95. The third-order valence-electron chi connectivity index (χ3n) is 4.20. The number of aryl methyl sites for hydroxylation is 1. The Morgan fingerprint density at radius 3 is 2.28 bits per heavy atom. The Hall–Kier alpha value is -1.35. The van der Waals surface area contributed by atoms with Crippen LogP contribution in [0.1, 0.15) is 44.2 Å². The third kappa shape index (κ3) is 5.85. The Kier molecular flexibility index (Phi) is 8.64. The average molecular weight is 386 g/mol. The lowest BCUT2D eigenvalue weighted by atomic mass is 9.86. The van der Waals surface area contributed by atoms with Crippen LogP contribution in [0.5, 0.6) is 0 Å². The van der Waals surface area contributed by atoms with E-state index < -0.39 is 16.8 Å². The zero-order chi connectivity index (χ0) is 19.0. The van der Waals surface area contributed by atoms with Crippen molar-refractivity contribution in [2.45, 2.75) is 51.6 Å². The van der Waals surface area contributed by atoms with Crippen LogP contribution < -0.4 is 15.4 Å². The molecule has 8 heteroatoms. The summed E-state index contributed by atoms with van der Waals surface area (Å²) in [5, 5.41) is 5.81. The van der Waals surface area contributed by atoms with Gasteiger partial charge in [0.25, 0.3) is 0 Å². The molecule has 25 heavy (non-hydrogen) atoms. The zero-order valence-electron chi connectivity index (χ0n) is 15.1. The highest BCUT2D eigenvalue weighted by Crippen LogP contribution is 2.28. The summed E-state index contributed by atoms with van der Waals surface area (Å²) < 4.78 is 23.6. The quantitative estimate of drug-likeness (QED) is 0.386. The molecular formula is C17H27N3O3S2. The fraction of sp³-hybridized carbons (Fsp3) is 0.529. The number of nitrogens with one attached hydrogen (secondary N) is 3. The van der Waals surface area contributed by atoms with Gasteiger partial charge in [-0.15, -0.1) is 0 Å². The topological polar surface area (TPSA) is 90.5 Å². The molecule has 1 rings (SSSR count). The van der Waals surface area contributed by atoms with E-state index in [2.05, 4.69) is 15.4 Å². The van der Waals surface area contributed by atoms with Gasteiger partial charge < -0.3 is 10.6 Å². The third-order valence-corrected chi connectivity index (χ3v) is 5.27. The van der Waals surface area contributed by atoms with Gasteiger partial charge in [0.2, 0.25) is 17.2 Å². The molecule has 0 aliphatic rings. The fourth-order valence-electron chi connectivity index (χ4n) is 2.67. The molecule has 0 aliphatic heterocycles. The molecule has 0 saturated carbocycles. The van der Waals surface area contributed by atoms with Crippen molar-refractivity contribution < 1.29 is 13.6 Å². The Labute approximate surface area is 157 Å². The first-order valence-corrected chi connectivity index (χ1v) is 9.77. The Balaban J connectivity index is 3.28. The number of hydrogen-bond acceptors (Lipinski definition) is 3. The molecule has 6 nitrogen and oxygen atoms in total. The van der Waals surface area contributed by atoms with Crippen LogP contribution in [0.4, 0.5) is 0 Å². The lowest BCUT2D eigenvalue weighted by Crippen LogP contribution is -2.56. The predicted octanol–water partition coefficient (Wildman–Crippen LogP) is 2.16. The maximum atomic E-state index is 12.6. The fourth-order valence-corrected chi connectivity index (χ4v) is 3.56. The second-order valence-electron chi connectivity index (χ2n) is 5.96. The van der Waals surface area contributed by atoms with E-state index in [-0.39, 0.29) is 23.4 Å². The molecule has 1 aromatic rings. The van der Waals surface area contributed by atoms with E-state index in [1.807, 2.05) is 45.0 Å². The molecule has 0 bridgehead atoms. The summed E-state index contributed by atoms with van der Waals surface area (Å²) in [5.74, 6) is -0.232. The van der Waals surface area contributed by atoms with E-state index in [1.54, 1.807) is 7.05 Å². The number of hydrogen-bond donors (Lipinski definition) is 4. The number of benzene rings is 1. The number of rotatable bonds is 9. The second-order valence-corrected chi connectivity index (χ2v) is 7.07. The van der Waals surface area contributed by atoms with E-state index >= 15 is 0 Å². The van der Waals surface area contributed by atoms with Crippen LogP contribution >= 0.6 is 12.2 Å². The molecule has 0 spiro atoms. The molecule has 4 N–H and O–H groups in total. The van der Waals surface area contributed by atoms with E-state index in [1.165, 1.54) is 0 Å². The maximum absolute atomic E-state index is 12.6. The second kappa shape index (κ2) is 9.96. The molecule has 0 radical (unpaired) electrons. The van der Waals surface area contributed by atoms with Gasteiger partial charge in [0.1, 0.15) is 10.5 Å². The van der Waals surface area contributed by atoms with Crippen molar-refractivity contribution >= 4 is 34.4 Å². The van der Waals surface area contributed by atoms with Crippen molar-refractivity contribution in [3.8, 4) is 0 Å². The SMILES string of the molecule is CCC(CC)NC(=O)CC(NS(=O)O)(C(=S)NC)c1ccc(C)cc1. The highest BCUT2D eigenvalue weighted by Gasteiger charge is 2.40. The van der Waals surface area contributed by atoms with Crippen LogP contribution in [-0.2, 0) is 21.6 Å². The van der Waals surface area contributed by atoms with Crippen LogP contribution in [0.25, 0.3) is 0 Å². The van der Waals surface area contributed by atoms with E-state index in [4.69, 9.17) is 12.2 Å². The number of carbonyl (C=O) groups excluding carboxylic acids is 1. The van der Waals surface area contributed by atoms with Gasteiger partial charge >= 0.3 is 0 Å². The van der Waals surface area contributed by atoms with Crippen LogP contribution in [0, 0.1) is 6.92 Å². The maximum Gasteiger partial charge on any atom is 0.232 e. The minimum Gasteiger partial charge on any atom is -0.381 e. The molecule has 1 amide bonds. The van der Waals surface area contributed by atoms with Gasteiger partial charge in [-0.2, -0.15) is 4.72 Å². The van der Waals surface area contributed by atoms with Gasteiger partial charge in [-0.1, -0.05) is 55.9 Å². The molecular weight excluding hydrogens is 358 g/mol. The number of likely N-dealkylation sites (N-methyl/N-ethyl adjacent to an activating group) is 1. The van der Waals surface area contributed by atoms with Crippen LogP contribution in [-0.4, -0.2) is 32.7 Å². The molecule has 2 atom stereocenters. The van der Waals surface area contributed by atoms with Gasteiger partial charge in [0, 0.05) is 13.1 Å². The van der Waals surface area contributed by atoms with Gasteiger partial charge in [-0.25, -0.2) is 4.21 Å². The number of carbonyl (C=O) groups is 1. The van der Waals surface area contributed by atoms with E-state index in [0.29, 0.717) is 5.56 Å². The van der Waals surface area contributed by atoms with Crippen molar-refractivity contribution in [3.05, 3.63) is 35.4 Å². The summed E-state index contributed by atoms with van der Waals surface area (Å²) in [7, 11) is 1.63. The van der Waals surface area contributed by atoms with Gasteiger partial charge in [0.05, 0.1) is 6.42 Å². The summed E-state index contributed by atoms with van der Waals surface area (Å²) in [4.78, 5) is 12.9. The molecule has 0 saturated heterocycles. The standard InChI is InChI=1S/C17H27N3O3S2/c1-5-14(6-2)19-15(21)11-17(16(24)18-4,20-25(22)23)13-9-7-12(3)8-10-13/h7-10,14,20H,5-6,11H2,1-4H3,(H,18,24)(H,19,21)(H,22,23). The van der Waals surface area contributed by atoms with Crippen molar-refractivity contribution in [2.75, 3.05) is 7.05 Å². The lowest BCUT2D eigenvalue weighted by Gasteiger charge is -2.34. The summed E-state index contributed by atoms with van der Waals surface area (Å²) in [6.07, 6.45) is 1.55. The molecule has 0 heterocycles. The molecule has 0 aromatic heterocycles. The lowest BCUT2D eigenvalue weighted by molar-refractivity contribution is -0.122. The highest BCUT2D eigenvalue weighted by molar-refractivity contribution is 7.80. The summed E-state index contributed by atoms with van der Waals surface area (Å²) in [6, 6.07) is 7.43. The van der Waals surface area contributed by atoms with Crippen LogP contribution in [0.2, 0.25) is 0 Å². The Bertz CT molecular complexity index is 618. The summed E-state index contributed by atoms with van der Waals surface area (Å²) >= 11 is 3.06. The normalized spacial score (nSPS) is 14.6. The largest absolute Gasteiger partial charge is 0.381 e. The van der Waals surface area contributed by atoms with Gasteiger partial charge in [0.15, 0.2) is 0 Å². The van der Waals surface area contributed by atoms with Crippen molar-refractivity contribution in [1.82, 2.24) is 15.4 Å². The minimum atomic E-state index is -2.35. The molecule has 1 aromatic carbocycles. The minimum absolute atomic E-state index is 0.0611. The Morgan fingerprint density at radius 1 is 1.28 bits per heavy atom. The average Bonchev–Trinajstić information content (AvgIpc) is 2.58. The first-order chi connectivity index (χ1) is 11.8. The van der Waals surface area contributed by atoms with Crippen molar-refractivity contribution in [3.63, 3.8) is 0 Å². The van der Waals surface area contributed by atoms with Gasteiger partial charge in [-0.3, -0.25) is 9.35 Å². The number of thiocarbonyl (C=S) groups is 1. The van der Waals surface area contributed by atoms with E-state index in [9.17, 15) is 13.6 Å². The van der Waals surface area contributed by atoms with E-state index in [0.717, 1.165) is 18.4 Å². The van der Waals surface area contributed by atoms with Crippen molar-refractivity contribution in [2.24, 2.45) is 0 Å². The molecule has 0 fully saturated rings. The Morgan fingerprint density at radius 2 is 1.84 bits per heavy atom. The monoisotopic (exact) mass is 385 g/mol.